The fourth-order valence-corrected chi connectivity index (χ4v) is 2.01. The van der Waals surface area contributed by atoms with Crippen molar-refractivity contribution in [3.05, 3.63) is 24.0 Å². The first kappa shape index (κ1) is 13.0. The molecule has 0 bridgehead atoms. The summed E-state index contributed by atoms with van der Waals surface area (Å²) in [5, 5.41) is 0. The summed E-state index contributed by atoms with van der Waals surface area (Å²) in [5.74, 6) is 0.493. The van der Waals surface area contributed by atoms with Gasteiger partial charge >= 0.3 is 0 Å². The van der Waals surface area contributed by atoms with Gasteiger partial charge in [-0.25, -0.2) is 0 Å². The summed E-state index contributed by atoms with van der Waals surface area (Å²) < 4.78 is 0. The first-order chi connectivity index (χ1) is 7.70. The zero-order valence-electron chi connectivity index (χ0n) is 11.0. The molecule has 1 heterocycles. The van der Waals surface area contributed by atoms with Crippen LogP contribution in [0.2, 0.25) is 0 Å². The van der Waals surface area contributed by atoms with Gasteiger partial charge in [-0.15, -0.1) is 0 Å². The Balaban J connectivity index is 2.97. The topological polar surface area (TPSA) is 16.1 Å². The van der Waals surface area contributed by atoms with Crippen LogP contribution in [0.25, 0.3) is 0 Å². The zero-order chi connectivity index (χ0) is 12.0. The Bertz CT molecular complexity index is 301. The molecule has 0 N–H and O–H groups in total. The van der Waals surface area contributed by atoms with Crippen molar-refractivity contribution in [1.29, 1.82) is 0 Å². The molecule has 2 nitrogen and oxygen atoms in total. The number of hydrogen-bond donors (Lipinski definition) is 0. The molecule has 0 saturated heterocycles. The number of pyridine rings is 1. The maximum absolute atomic E-state index is 4.52. The fraction of sp³-hybridized carbons (Fsp3) is 0.643. The van der Waals surface area contributed by atoms with Crippen LogP contribution in [0.4, 0.5) is 5.69 Å². The Kier molecular flexibility index (Phi) is 5.30. The maximum Gasteiger partial charge on any atom is 0.0662 e. The predicted molar refractivity (Wildman–Crippen MR) is 71.1 cm³/mol. The molecule has 0 amide bonds. The van der Waals surface area contributed by atoms with E-state index in [0.29, 0.717) is 5.92 Å². The smallest absolute Gasteiger partial charge is 0.0662 e. The van der Waals surface area contributed by atoms with E-state index in [1.807, 2.05) is 12.3 Å². The lowest BCUT2D eigenvalue weighted by Crippen LogP contribution is -2.26. The Morgan fingerprint density at radius 2 is 1.81 bits per heavy atom. The number of aromatic nitrogens is 1. The van der Waals surface area contributed by atoms with Crippen LogP contribution in [0.15, 0.2) is 18.3 Å². The van der Waals surface area contributed by atoms with Crippen molar-refractivity contribution in [3.63, 3.8) is 0 Å². The molecule has 1 rings (SSSR count). The Hall–Kier alpha value is -1.05. The van der Waals surface area contributed by atoms with Crippen LogP contribution in [0.1, 0.15) is 52.1 Å². The molecular formula is C14H24N2. The second kappa shape index (κ2) is 6.51. The average molecular weight is 220 g/mol. The number of nitrogens with zero attached hydrogens (tertiary/aromatic N) is 2. The quantitative estimate of drug-likeness (QED) is 0.724. The highest BCUT2D eigenvalue weighted by Gasteiger charge is 2.12. The number of hydrogen-bond acceptors (Lipinski definition) is 2. The maximum atomic E-state index is 4.52. The van der Waals surface area contributed by atoms with E-state index in [1.54, 1.807) is 0 Å². The fourth-order valence-electron chi connectivity index (χ4n) is 2.01. The molecule has 0 fully saturated rings. The van der Waals surface area contributed by atoms with Gasteiger partial charge in [0.15, 0.2) is 0 Å². The highest BCUT2D eigenvalue weighted by Crippen LogP contribution is 2.25. The minimum atomic E-state index is 0.493. The van der Waals surface area contributed by atoms with Crippen LogP contribution in [-0.2, 0) is 0 Å². The SMILES string of the molecule is CCCN(CCC)c1cccnc1C(C)C. The van der Waals surface area contributed by atoms with Crippen LogP contribution < -0.4 is 4.90 Å². The highest BCUT2D eigenvalue weighted by atomic mass is 15.1. The first-order valence-corrected chi connectivity index (χ1v) is 6.40. The summed E-state index contributed by atoms with van der Waals surface area (Å²) in [7, 11) is 0. The molecular weight excluding hydrogens is 196 g/mol. The summed E-state index contributed by atoms with van der Waals surface area (Å²) in [5.41, 5.74) is 2.55. The first-order valence-electron chi connectivity index (χ1n) is 6.40. The van der Waals surface area contributed by atoms with Gasteiger partial charge in [0.05, 0.1) is 11.4 Å². The third-order valence-corrected chi connectivity index (χ3v) is 2.69. The molecule has 0 aliphatic carbocycles. The van der Waals surface area contributed by atoms with E-state index in [9.17, 15) is 0 Å². The molecule has 1 aromatic heterocycles. The second-order valence-corrected chi connectivity index (χ2v) is 4.55. The van der Waals surface area contributed by atoms with Crippen molar-refractivity contribution in [3.8, 4) is 0 Å². The van der Waals surface area contributed by atoms with Gasteiger partial charge in [-0.3, -0.25) is 4.98 Å². The molecule has 0 saturated carbocycles. The van der Waals surface area contributed by atoms with Crippen LogP contribution in [0, 0.1) is 0 Å². The molecule has 1 aromatic rings. The predicted octanol–water partition coefficient (Wildman–Crippen LogP) is 3.83. The van der Waals surface area contributed by atoms with Crippen molar-refractivity contribution >= 4 is 5.69 Å². The minimum absolute atomic E-state index is 0.493. The second-order valence-electron chi connectivity index (χ2n) is 4.55. The molecule has 16 heavy (non-hydrogen) atoms. The van der Waals surface area contributed by atoms with E-state index in [-0.39, 0.29) is 0 Å². The molecule has 0 aliphatic heterocycles. The largest absolute Gasteiger partial charge is 0.370 e. The van der Waals surface area contributed by atoms with Gasteiger partial charge in [0.25, 0.3) is 0 Å². The van der Waals surface area contributed by atoms with E-state index in [1.165, 1.54) is 24.2 Å². The molecule has 0 spiro atoms. The van der Waals surface area contributed by atoms with E-state index in [2.05, 4.69) is 43.6 Å². The van der Waals surface area contributed by atoms with Crippen LogP contribution in [0.3, 0.4) is 0 Å². The van der Waals surface area contributed by atoms with Crippen LogP contribution in [0.5, 0.6) is 0 Å². The van der Waals surface area contributed by atoms with Gasteiger partial charge in [-0.2, -0.15) is 0 Å². The third kappa shape index (κ3) is 3.22. The summed E-state index contributed by atoms with van der Waals surface area (Å²) in [6.07, 6.45) is 4.27. The van der Waals surface area contributed by atoms with Gasteiger partial charge in [0, 0.05) is 19.3 Å². The van der Waals surface area contributed by atoms with Gasteiger partial charge < -0.3 is 4.90 Å². The Morgan fingerprint density at radius 1 is 1.19 bits per heavy atom. The Morgan fingerprint density at radius 3 is 2.31 bits per heavy atom. The van der Waals surface area contributed by atoms with Crippen molar-refractivity contribution in [1.82, 2.24) is 4.98 Å². The lowest BCUT2D eigenvalue weighted by Gasteiger charge is -2.26. The van der Waals surface area contributed by atoms with Crippen LogP contribution in [-0.4, -0.2) is 18.1 Å². The lowest BCUT2D eigenvalue weighted by molar-refractivity contribution is 0.724. The van der Waals surface area contributed by atoms with Gasteiger partial charge in [-0.1, -0.05) is 27.7 Å². The van der Waals surface area contributed by atoms with Crippen molar-refractivity contribution in [2.45, 2.75) is 46.5 Å². The number of anilines is 1. The highest BCUT2D eigenvalue weighted by molar-refractivity contribution is 5.51. The summed E-state index contributed by atoms with van der Waals surface area (Å²) in [4.78, 5) is 6.98. The van der Waals surface area contributed by atoms with E-state index in [4.69, 9.17) is 0 Å². The van der Waals surface area contributed by atoms with Gasteiger partial charge in [0.1, 0.15) is 0 Å². The van der Waals surface area contributed by atoms with E-state index < -0.39 is 0 Å². The van der Waals surface area contributed by atoms with Gasteiger partial charge in [0.2, 0.25) is 0 Å². The standard InChI is InChI=1S/C14H24N2/c1-5-10-16(11-6-2)13-8-7-9-15-14(13)12(3)4/h7-9,12H,5-6,10-11H2,1-4H3. The summed E-state index contributed by atoms with van der Waals surface area (Å²) in [6, 6.07) is 4.24. The molecule has 2 heteroatoms. The molecule has 0 radical (unpaired) electrons. The molecule has 0 atom stereocenters. The lowest BCUT2D eigenvalue weighted by atomic mass is 10.1. The van der Waals surface area contributed by atoms with Crippen molar-refractivity contribution in [2.24, 2.45) is 0 Å². The summed E-state index contributed by atoms with van der Waals surface area (Å²) in [6.45, 7) is 11.1. The average Bonchev–Trinajstić information content (AvgIpc) is 2.29. The van der Waals surface area contributed by atoms with Crippen molar-refractivity contribution < 1.29 is 0 Å². The van der Waals surface area contributed by atoms with Crippen LogP contribution >= 0.6 is 0 Å². The normalized spacial score (nSPS) is 10.8. The third-order valence-electron chi connectivity index (χ3n) is 2.69. The van der Waals surface area contributed by atoms with E-state index in [0.717, 1.165) is 13.1 Å². The summed E-state index contributed by atoms with van der Waals surface area (Å²) >= 11 is 0. The molecule has 0 unspecified atom stereocenters. The Labute approximate surface area is 99.7 Å². The minimum Gasteiger partial charge on any atom is -0.370 e. The number of rotatable bonds is 6. The van der Waals surface area contributed by atoms with Gasteiger partial charge in [-0.05, 0) is 30.9 Å². The van der Waals surface area contributed by atoms with E-state index >= 15 is 0 Å². The zero-order valence-corrected chi connectivity index (χ0v) is 11.0. The monoisotopic (exact) mass is 220 g/mol. The molecule has 0 aromatic carbocycles. The molecule has 90 valence electrons. The van der Waals surface area contributed by atoms with Crippen molar-refractivity contribution in [2.75, 3.05) is 18.0 Å². The molecule has 0 aliphatic rings.